The highest BCUT2D eigenvalue weighted by molar-refractivity contribution is 5.95. The van der Waals surface area contributed by atoms with E-state index in [2.05, 4.69) is 76.7 Å². The lowest BCUT2D eigenvalue weighted by Gasteiger charge is -2.39. The van der Waals surface area contributed by atoms with Gasteiger partial charge in [-0.25, -0.2) is 4.98 Å². The van der Waals surface area contributed by atoms with Crippen molar-refractivity contribution in [1.82, 2.24) is 14.9 Å². The summed E-state index contributed by atoms with van der Waals surface area (Å²) in [6.07, 6.45) is 11.2. The van der Waals surface area contributed by atoms with Crippen molar-refractivity contribution in [3.8, 4) is 0 Å². The van der Waals surface area contributed by atoms with Crippen LogP contribution in [-0.4, -0.2) is 34.6 Å². The fourth-order valence-corrected chi connectivity index (χ4v) is 5.73. The van der Waals surface area contributed by atoms with Crippen molar-refractivity contribution < 1.29 is 4.79 Å². The van der Waals surface area contributed by atoms with Gasteiger partial charge in [0, 0.05) is 54.7 Å². The minimum Gasteiger partial charge on any atom is -0.368 e. The van der Waals surface area contributed by atoms with E-state index < -0.39 is 0 Å². The van der Waals surface area contributed by atoms with E-state index in [4.69, 9.17) is 0 Å². The third kappa shape index (κ3) is 5.46. The summed E-state index contributed by atoms with van der Waals surface area (Å²) < 4.78 is 2.03. The summed E-state index contributed by atoms with van der Waals surface area (Å²) >= 11 is 0. The Hall–Kier alpha value is -3.60. The zero-order chi connectivity index (χ0) is 24.7. The molecule has 186 valence electrons. The molecule has 0 saturated heterocycles. The molecule has 0 bridgehead atoms. The predicted octanol–water partition coefficient (Wildman–Crippen LogP) is 6.41. The highest BCUT2D eigenvalue weighted by atomic mass is 16.1. The van der Waals surface area contributed by atoms with E-state index in [9.17, 15) is 4.79 Å². The SMILES string of the molecule is CCN(c1cccc2ccccc12)C1CCCC(c2ccc(C(=O)NCCCn3ccnc3)cc2)C1. The molecule has 2 unspecified atom stereocenters. The maximum Gasteiger partial charge on any atom is 0.251 e. The molecule has 3 aromatic carbocycles. The van der Waals surface area contributed by atoms with Crippen LogP contribution in [0.4, 0.5) is 5.69 Å². The molecular formula is C31H36N4O. The third-order valence-electron chi connectivity index (χ3n) is 7.59. The molecule has 1 N–H and O–H groups in total. The fraction of sp³-hybridized carbons (Fsp3) is 0.355. The van der Waals surface area contributed by atoms with Gasteiger partial charge in [0.2, 0.25) is 0 Å². The zero-order valence-electron chi connectivity index (χ0n) is 21.1. The molecule has 36 heavy (non-hydrogen) atoms. The molecule has 1 amide bonds. The largest absolute Gasteiger partial charge is 0.368 e. The molecule has 4 aromatic rings. The Balaban J connectivity index is 1.21. The molecule has 0 spiro atoms. The number of rotatable bonds is 9. The van der Waals surface area contributed by atoms with Gasteiger partial charge in [-0.05, 0) is 67.7 Å². The molecule has 1 saturated carbocycles. The van der Waals surface area contributed by atoms with Crippen LogP contribution in [0.3, 0.4) is 0 Å². The van der Waals surface area contributed by atoms with Gasteiger partial charge in [0.05, 0.1) is 6.33 Å². The van der Waals surface area contributed by atoms with Crippen molar-refractivity contribution in [3.63, 3.8) is 0 Å². The molecule has 2 atom stereocenters. The van der Waals surface area contributed by atoms with E-state index in [0.717, 1.165) is 31.5 Å². The highest BCUT2D eigenvalue weighted by Gasteiger charge is 2.28. The van der Waals surface area contributed by atoms with Crippen LogP contribution in [0, 0.1) is 0 Å². The van der Waals surface area contributed by atoms with E-state index in [1.807, 2.05) is 22.9 Å². The number of aromatic nitrogens is 2. The standard InChI is InChI=1S/C31H36N4O/c1-2-35(30-13-6-9-25-8-3-4-12-29(25)30)28-11-5-10-27(22-28)24-14-16-26(17-15-24)31(36)33-18-7-20-34-21-19-32-23-34/h3-4,6,8-9,12-17,19,21,23,27-28H,2,5,7,10-11,18,20,22H2,1H3,(H,33,36). The van der Waals surface area contributed by atoms with Crippen molar-refractivity contribution in [2.45, 2.75) is 57.5 Å². The van der Waals surface area contributed by atoms with Gasteiger partial charge < -0.3 is 14.8 Å². The second kappa shape index (κ2) is 11.4. The lowest BCUT2D eigenvalue weighted by molar-refractivity contribution is 0.0952. The number of carbonyl (C=O) groups excluding carboxylic acids is 1. The summed E-state index contributed by atoms with van der Waals surface area (Å²) in [6, 6.07) is 24.2. The first-order valence-corrected chi connectivity index (χ1v) is 13.3. The third-order valence-corrected chi connectivity index (χ3v) is 7.59. The van der Waals surface area contributed by atoms with Crippen LogP contribution in [0.25, 0.3) is 10.8 Å². The number of amides is 1. The van der Waals surface area contributed by atoms with Gasteiger partial charge >= 0.3 is 0 Å². The number of nitrogens with zero attached hydrogens (tertiary/aromatic N) is 3. The monoisotopic (exact) mass is 480 g/mol. The Morgan fingerprint density at radius 1 is 1.06 bits per heavy atom. The van der Waals surface area contributed by atoms with Gasteiger partial charge in [-0.15, -0.1) is 0 Å². The number of nitrogens with one attached hydrogen (secondary N) is 1. The number of anilines is 1. The van der Waals surface area contributed by atoms with E-state index in [0.29, 0.717) is 18.5 Å². The zero-order valence-corrected chi connectivity index (χ0v) is 21.1. The predicted molar refractivity (Wildman–Crippen MR) is 148 cm³/mol. The maximum absolute atomic E-state index is 12.6. The van der Waals surface area contributed by atoms with Crippen molar-refractivity contribution in [3.05, 3.63) is 96.6 Å². The summed E-state index contributed by atoms with van der Waals surface area (Å²) in [6.45, 7) is 4.79. The van der Waals surface area contributed by atoms with Crippen LogP contribution in [-0.2, 0) is 6.54 Å². The topological polar surface area (TPSA) is 50.2 Å². The maximum atomic E-state index is 12.6. The summed E-state index contributed by atoms with van der Waals surface area (Å²) in [7, 11) is 0. The Morgan fingerprint density at radius 2 is 1.89 bits per heavy atom. The van der Waals surface area contributed by atoms with Gasteiger partial charge in [0.15, 0.2) is 0 Å². The minimum absolute atomic E-state index is 0.00168. The molecule has 5 rings (SSSR count). The molecule has 1 aromatic heterocycles. The number of benzene rings is 3. The van der Waals surface area contributed by atoms with Gasteiger partial charge in [0.1, 0.15) is 0 Å². The molecule has 1 aliphatic rings. The second-order valence-corrected chi connectivity index (χ2v) is 9.83. The number of carbonyl (C=O) groups is 1. The quantitative estimate of drug-likeness (QED) is 0.282. The van der Waals surface area contributed by atoms with Crippen LogP contribution >= 0.6 is 0 Å². The first kappa shape index (κ1) is 24.1. The molecule has 0 radical (unpaired) electrons. The summed E-state index contributed by atoms with van der Waals surface area (Å²) in [5, 5.41) is 5.68. The molecule has 0 aliphatic heterocycles. The number of hydrogen-bond acceptors (Lipinski definition) is 3. The number of aryl methyl sites for hydroxylation is 1. The average molecular weight is 481 g/mol. The van der Waals surface area contributed by atoms with Crippen molar-refractivity contribution in [2.24, 2.45) is 0 Å². The normalized spacial score (nSPS) is 17.7. The first-order chi connectivity index (χ1) is 17.7. The van der Waals surface area contributed by atoms with E-state index in [1.165, 1.54) is 41.3 Å². The lowest BCUT2D eigenvalue weighted by Crippen LogP contribution is -2.38. The number of imidazole rings is 1. The molecule has 1 fully saturated rings. The minimum atomic E-state index is 0.00168. The Morgan fingerprint density at radius 3 is 2.69 bits per heavy atom. The number of fused-ring (bicyclic) bond motifs is 1. The van der Waals surface area contributed by atoms with Crippen LogP contribution in [0.1, 0.15) is 60.9 Å². The summed E-state index contributed by atoms with van der Waals surface area (Å²) in [4.78, 5) is 19.3. The molecule has 5 heteroatoms. The molecular weight excluding hydrogens is 444 g/mol. The van der Waals surface area contributed by atoms with E-state index in [1.54, 1.807) is 12.5 Å². The Labute approximate surface area is 214 Å². The molecule has 1 heterocycles. The number of hydrogen-bond donors (Lipinski definition) is 1. The van der Waals surface area contributed by atoms with Gasteiger partial charge in [0.25, 0.3) is 5.91 Å². The van der Waals surface area contributed by atoms with E-state index in [-0.39, 0.29) is 5.91 Å². The highest BCUT2D eigenvalue weighted by Crippen LogP contribution is 2.38. The van der Waals surface area contributed by atoms with Crippen molar-refractivity contribution in [2.75, 3.05) is 18.0 Å². The molecule has 1 aliphatic carbocycles. The Bertz CT molecular complexity index is 1260. The van der Waals surface area contributed by atoms with Crippen LogP contribution in [0.5, 0.6) is 0 Å². The van der Waals surface area contributed by atoms with Crippen LogP contribution in [0.15, 0.2) is 85.5 Å². The smallest absolute Gasteiger partial charge is 0.251 e. The van der Waals surface area contributed by atoms with Crippen molar-refractivity contribution >= 4 is 22.4 Å². The van der Waals surface area contributed by atoms with E-state index >= 15 is 0 Å². The van der Waals surface area contributed by atoms with Gasteiger partial charge in [-0.2, -0.15) is 0 Å². The summed E-state index contributed by atoms with van der Waals surface area (Å²) in [5.74, 6) is 0.530. The fourth-order valence-electron chi connectivity index (χ4n) is 5.73. The molecule has 5 nitrogen and oxygen atoms in total. The first-order valence-electron chi connectivity index (χ1n) is 13.3. The van der Waals surface area contributed by atoms with Crippen molar-refractivity contribution in [1.29, 1.82) is 0 Å². The second-order valence-electron chi connectivity index (χ2n) is 9.83. The van der Waals surface area contributed by atoms with Crippen LogP contribution in [0.2, 0.25) is 0 Å². The van der Waals surface area contributed by atoms with Gasteiger partial charge in [-0.1, -0.05) is 55.0 Å². The average Bonchev–Trinajstić information content (AvgIpc) is 3.46. The van der Waals surface area contributed by atoms with Gasteiger partial charge in [-0.3, -0.25) is 4.79 Å². The summed E-state index contributed by atoms with van der Waals surface area (Å²) in [5.41, 5.74) is 3.44. The lowest BCUT2D eigenvalue weighted by atomic mass is 9.80. The van der Waals surface area contributed by atoms with Crippen LogP contribution < -0.4 is 10.2 Å². The Kier molecular flexibility index (Phi) is 7.65.